The van der Waals surface area contributed by atoms with Crippen LogP contribution in [-0.4, -0.2) is 85.3 Å². The van der Waals surface area contributed by atoms with E-state index in [9.17, 15) is 44.4 Å². The number of rotatable bonds is 14. The van der Waals surface area contributed by atoms with Crippen molar-refractivity contribution in [3.8, 4) is 5.75 Å². The number of carboxylic acid groups (broad SMARTS) is 2. The van der Waals surface area contributed by atoms with Gasteiger partial charge in [0, 0.05) is 23.5 Å². The summed E-state index contributed by atoms with van der Waals surface area (Å²) in [5.41, 5.74) is 7.91. The molecule has 1 heterocycles. The molecule has 3 rings (SSSR count). The van der Waals surface area contributed by atoms with Gasteiger partial charge >= 0.3 is 11.9 Å². The van der Waals surface area contributed by atoms with E-state index in [1.807, 2.05) is 0 Å². The van der Waals surface area contributed by atoms with Crippen LogP contribution in [0.25, 0.3) is 10.9 Å². The molecule has 224 valence electrons. The lowest BCUT2D eigenvalue weighted by molar-refractivity contribution is -0.145. The normalized spacial score (nSPS) is 14.6. The maximum absolute atomic E-state index is 13.3. The molecule has 3 amide bonds. The standard InChI is InChI=1S/C28H33N5O9/c1-14(34)24(28(41)42)33-27(40)21(11-16-13-30-20-5-3-2-4-18(16)20)32-26(39)22(12-23(36)37)31-25(38)19(29)10-15-6-8-17(35)9-7-15/h2-9,13-14,19,21-22,24,30,34-35H,10-12,29H2,1H3,(H,31,38)(H,32,39)(H,33,40)(H,36,37)(H,41,42). The van der Waals surface area contributed by atoms with Crippen molar-refractivity contribution in [1.29, 1.82) is 0 Å². The minimum absolute atomic E-state index is 0.0179. The van der Waals surface area contributed by atoms with Gasteiger partial charge in [0.15, 0.2) is 6.04 Å². The van der Waals surface area contributed by atoms with Gasteiger partial charge in [0.25, 0.3) is 0 Å². The van der Waals surface area contributed by atoms with Crippen molar-refractivity contribution in [3.63, 3.8) is 0 Å². The molecule has 5 atom stereocenters. The van der Waals surface area contributed by atoms with Crippen LogP contribution >= 0.6 is 0 Å². The predicted octanol–water partition coefficient (Wildman–Crippen LogP) is -0.619. The summed E-state index contributed by atoms with van der Waals surface area (Å²) in [6, 6.07) is 7.13. The first-order chi connectivity index (χ1) is 19.8. The SMILES string of the molecule is CC(O)C(NC(=O)C(Cc1c[nH]c2ccccc12)NC(=O)C(CC(=O)O)NC(=O)C(N)Cc1ccc(O)cc1)C(=O)O. The summed E-state index contributed by atoms with van der Waals surface area (Å²) in [6.07, 6.45) is -0.808. The molecule has 0 saturated carbocycles. The maximum atomic E-state index is 13.3. The number of amides is 3. The van der Waals surface area contributed by atoms with E-state index in [0.717, 1.165) is 10.9 Å². The minimum atomic E-state index is -1.69. The number of hydrogen-bond acceptors (Lipinski definition) is 8. The number of aromatic hydroxyl groups is 1. The number of benzene rings is 2. The van der Waals surface area contributed by atoms with Gasteiger partial charge in [-0.05, 0) is 42.7 Å². The van der Waals surface area contributed by atoms with E-state index in [1.165, 1.54) is 19.1 Å². The molecule has 0 radical (unpaired) electrons. The van der Waals surface area contributed by atoms with Crippen LogP contribution in [0.5, 0.6) is 5.75 Å². The van der Waals surface area contributed by atoms with Crippen LogP contribution in [0.1, 0.15) is 24.5 Å². The number of aliphatic hydroxyl groups excluding tert-OH is 1. The molecular formula is C28H33N5O9. The molecular weight excluding hydrogens is 550 g/mol. The van der Waals surface area contributed by atoms with E-state index in [1.54, 1.807) is 42.6 Å². The molecule has 2 aromatic carbocycles. The summed E-state index contributed by atoms with van der Waals surface area (Å²) in [7, 11) is 0. The number of aromatic amines is 1. The number of aliphatic hydroxyl groups is 1. The van der Waals surface area contributed by atoms with Crippen LogP contribution in [0.2, 0.25) is 0 Å². The zero-order valence-corrected chi connectivity index (χ0v) is 22.6. The first kappa shape index (κ1) is 31.6. The van der Waals surface area contributed by atoms with Gasteiger partial charge in [-0.25, -0.2) is 4.79 Å². The molecule has 42 heavy (non-hydrogen) atoms. The van der Waals surface area contributed by atoms with Crippen LogP contribution < -0.4 is 21.7 Å². The Hall–Kier alpha value is -4.95. The molecule has 0 aliphatic heterocycles. The first-order valence-electron chi connectivity index (χ1n) is 13.0. The number of hydrogen-bond donors (Lipinski definition) is 9. The van der Waals surface area contributed by atoms with Crippen molar-refractivity contribution in [2.45, 2.75) is 56.5 Å². The minimum Gasteiger partial charge on any atom is -0.508 e. The highest BCUT2D eigenvalue weighted by molar-refractivity contribution is 5.96. The molecule has 5 unspecified atom stereocenters. The van der Waals surface area contributed by atoms with Crippen molar-refractivity contribution in [1.82, 2.24) is 20.9 Å². The molecule has 0 aliphatic carbocycles. The van der Waals surface area contributed by atoms with Gasteiger partial charge in [-0.2, -0.15) is 0 Å². The number of carboxylic acids is 2. The zero-order chi connectivity index (χ0) is 31.0. The molecule has 14 nitrogen and oxygen atoms in total. The molecule has 1 aromatic heterocycles. The molecule has 3 aromatic rings. The van der Waals surface area contributed by atoms with E-state index in [0.29, 0.717) is 11.1 Å². The van der Waals surface area contributed by atoms with E-state index in [4.69, 9.17) is 5.73 Å². The van der Waals surface area contributed by atoms with Crippen molar-refractivity contribution in [2.24, 2.45) is 5.73 Å². The smallest absolute Gasteiger partial charge is 0.328 e. The Morgan fingerprint density at radius 1 is 0.857 bits per heavy atom. The van der Waals surface area contributed by atoms with Gasteiger partial charge in [0.2, 0.25) is 17.7 Å². The third kappa shape index (κ3) is 8.52. The second-order valence-electron chi connectivity index (χ2n) is 9.83. The molecule has 14 heteroatoms. The summed E-state index contributed by atoms with van der Waals surface area (Å²) < 4.78 is 0. The summed E-state index contributed by atoms with van der Waals surface area (Å²) in [6.45, 7) is 1.17. The Morgan fingerprint density at radius 2 is 1.48 bits per heavy atom. The number of fused-ring (bicyclic) bond motifs is 1. The summed E-state index contributed by atoms with van der Waals surface area (Å²) in [4.78, 5) is 65.4. The van der Waals surface area contributed by atoms with Crippen LogP contribution in [0, 0.1) is 0 Å². The summed E-state index contributed by atoms with van der Waals surface area (Å²) in [5.74, 6) is -5.71. The summed E-state index contributed by atoms with van der Waals surface area (Å²) in [5, 5.41) is 45.7. The van der Waals surface area contributed by atoms with Crippen LogP contribution in [-0.2, 0) is 36.8 Å². The number of phenols is 1. The average Bonchev–Trinajstić information content (AvgIpc) is 3.34. The van der Waals surface area contributed by atoms with E-state index < -0.39 is 66.4 Å². The number of aliphatic carboxylic acids is 2. The molecule has 0 fully saturated rings. The van der Waals surface area contributed by atoms with Crippen molar-refractivity contribution in [2.75, 3.05) is 0 Å². The fourth-order valence-electron chi connectivity index (χ4n) is 4.29. The number of phenolic OH excluding ortho intramolecular Hbond substituents is 1. The third-order valence-corrected chi connectivity index (χ3v) is 6.52. The van der Waals surface area contributed by atoms with Crippen LogP contribution in [0.3, 0.4) is 0 Å². The predicted molar refractivity (Wildman–Crippen MR) is 149 cm³/mol. The maximum Gasteiger partial charge on any atom is 0.328 e. The molecule has 0 saturated heterocycles. The Morgan fingerprint density at radius 3 is 2.10 bits per heavy atom. The largest absolute Gasteiger partial charge is 0.508 e. The van der Waals surface area contributed by atoms with Crippen molar-refractivity contribution in [3.05, 3.63) is 65.9 Å². The van der Waals surface area contributed by atoms with Gasteiger partial charge in [-0.1, -0.05) is 30.3 Å². The monoisotopic (exact) mass is 583 g/mol. The van der Waals surface area contributed by atoms with E-state index in [-0.39, 0.29) is 18.6 Å². The van der Waals surface area contributed by atoms with Gasteiger partial charge < -0.3 is 47.1 Å². The third-order valence-electron chi connectivity index (χ3n) is 6.52. The van der Waals surface area contributed by atoms with E-state index >= 15 is 0 Å². The average molecular weight is 584 g/mol. The fourth-order valence-corrected chi connectivity index (χ4v) is 4.29. The number of carbonyl (C=O) groups is 5. The highest BCUT2D eigenvalue weighted by Gasteiger charge is 2.33. The van der Waals surface area contributed by atoms with Crippen LogP contribution in [0.15, 0.2) is 54.7 Å². The van der Waals surface area contributed by atoms with Crippen molar-refractivity contribution >= 4 is 40.6 Å². The van der Waals surface area contributed by atoms with Crippen LogP contribution in [0.4, 0.5) is 0 Å². The van der Waals surface area contributed by atoms with E-state index in [2.05, 4.69) is 20.9 Å². The Labute approximate surface area is 239 Å². The Balaban J connectivity index is 1.82. The number of carbonyl (C=O) groups excluding carboxylic acids is 3. The topological polar surface area (TPSA) is 244 Å². The molecule has 0 spiro atoms. The molecule has 10 N–H and O–H groups in total. The highest BCUT2D eigenvalue weighted by Crippen LogP contribution is 2.19. The lowest BCUT2D eigenvalue weighted by Crippen LogP contribution is -2.59. The quantitative estimate of drug-likeness (QED) is 0.116. The van der Waals surface area contributed by atoms with Gasteiger partial charge in [0.05, 0.1) is 18.6 Å². The summed E-state index contributed by atoms with van der Waals surface area (Å²) >= 11 is 0. The number of H-pyrrole nitrogens is 1. The number of para-hydroxylation sites is 1. The van der Waals surface area contributed by atoms with Crippen molar-refractivity contribution < 1.29 is 44.4 Å². The van der Waals surface area contributed by atoms with Gasteiger partial charge in [-0.15, -0.1) is 0 Å². The fraction of sp³-hybridized carbons (Fsp3) is 0.321. The zero-order valence-electron chi connectivity index (χ0n) is 22.6. The molecule has 0 bridgehead atoms. The first-order valence-corrected chi connectivity index (χ1v) is 13.0. The number of aromatic nitrogens is 1. The van der Waals surface area contributed by atoms with Gasteiger partial charge in [0.1, 0.15) is 17.8 Å². The number of nitrogens with one attached hydrogen (secondary N) is 4. The second kappa shape index (κ2) is 14.1. The number of nitrogens with two attached hydrogens (primary N) is 1. The van der Waals surface area contributed by atoms with Gasteiger partial charge in [-0.3, -0.25) is 19.2 Å². The highest BCUT2D eigenvalue weighted by atomic mass is 16.4. The second-order valence-corrected chi connectivity index (χ2v) is 9.83. The Bertz CT molecular complexity index is 1440. The molecule has 0 aliphatic rings. The Kier molecular flexibility index (Phi) is 10.6. The lowest BCUT2D eigenvalue weighted by Gasteiger charge is -2.25. The lowest BCUT2D eigenvalue weighted by atomic mass is 10.0.